The van der Waals surface area contributed by atoms with E-state index in [2.05, 4.69) is 224 Å². The Morgan fingerprint density at radius 2 is 0.602 bits per heavy atom. The first-order valence-corrected chi connectivity index (χ1v) is 28.3. The Bertz CT molecular complexity index is 5460. The Morgan fingerprint density at radius 3 is 1.10 bits per heavy atom. The van der Waals surface area contributed by atoms with Gasteiger partial charge in [0.15, 0.2) is 0 Å². The van der Waals surface area contributed by atoms with E-state index in [-0.39, 0.29) is 0 Å². The monoisotopic (exact) mass is 1060 g/mol. The molecule has 0 amide bonds. The van der Waals surface area contributed by atoms with E-state index >= 15 is 0 Å². The van der Waals surface area contributed by atoms with Crippen LogP contribution in [-0.2, 0) is 0 Å². The van der Waals surface area contributed by atoms with Crippen molar-refractivity contribution < 1.29 is 10.0 Å². The van der Waals surface area contributed by atoms with Crippen LogP contribution in [0.2, 0.25) is 0 Å². The van der Waals surface area contributed by atoms with Gasteiger partial charge in [0.25, 0.3) is 0 Å². The van der Waals surface area contributed by atoms with Crippen LogP contribution in [0.3, 0.4) is 0 Å². The van der Waals surface area contributed by atoms with Crippen molar-refractivity contribution in [3.8, 4) is 44.8 Å². The number of pyridine rings is 2. The maximum Gasteiger partial charge on any atom is 0.489 e. The lowest BCUT2D eigenvalue weighted by Crippen LogP contribution is -2.30. The zero-order valence-corrected chi connectivity index (χ0v) is 45.0. The van der Waals surface area contributed by atoms with Crippen molar-refractivity contribution in [1.82, 2.24) is 9.97 Å². The SMILES string of the molecule is OB(O)c1cccc2c1ccc1c(-c3ccc4ccccc4c3)nc3ccccc3c12.c1ccc2cc(-c3c4ccccc4c(-c4cccc5c4ccc4c(-c6ccc7ccccc7c6)nc6ccccc6c45)c4ccccc34)ccc2c1. The number of aromatic nitrogens is 2. The average Bonchev–Trinajstić information content (AvgIpc) is 2.59. The molecule has 0 saturated heterocycles. The number of hydrogen-bond donors (Lipinski definition) is 2. The lowest BCUT2D eigenvalue weighted by Gasteiger charge is -2.20. The van der Waals surface area contributed by atoms with E-state index in [0.29, 0.717) is 5.46 Å². The van der Waals surface area contributed by atoms with Gasteiger partial charge in [-0.1, -0.05) is 255 Å². The Hall–Kier alpha value is -10.6. The first-order valence-electron chi connectivity index (χ1n) is 28.3. The molecular formula is C78H49BN2O2. The van der Waals surface area contributed by atoms with Gasteiger partial charge >= 0.3 is 7.12 Å². The summed E-state index contributed by atoms with van der Waals surface area (Å²) in [5.74, 6) is 0. The molecule has 2 N–H and O–H groups in total. The van der Waals surface area contributed by atoms with E-state index in [1.54, 1.807) is 6.07 Å². The Labute approximate surface area is 478 Å². The van der Waals surface area contributed by atoms with E-state index in [1.165, 1.54) is 103 Å². The second-order valence-corrected chi connectivity index (χ2v) is 21.7. The van der Waals surface area contributed by atoms with Crippen molar-refractivity contribution in [3.05, 3.63) is 285 Å². The molecule has 0 aliphatic rings. The summed E-state index contributed by atoms with van der Waals surface area (Å²) >= 11 is 0. The van der Waals surface area contributed by atoms with Gasteiger partial charge in [-0.3, -0.25) is 0 Å². The molecule has 0 aliphatic heterocycles. The molecule has 0 atom stereocenters. The number of hydrogen-bond acceptors (Lipinski definition) is 4. The Kier molecular flexibility index (Phi) is 11.4. The molecule has 2 heterocycles. The first-order chi connectivity index (χ1) is 41.0. The minimum absolute atomic E-state index is 0.507. The Morgan fingerprint density at radius 1 is 0.241 bits per heavy atom. The summed E-state index contributed by atoms with van der Waals surface area (Å²) in [5.41, 5.74) is 11.6. The van der Waals surface area contributed by atoms with Crippen LogP contribution >= 0.6 is 0 Å². The van der Waals surface area contributed by atoms with E-state index < -0.39 is 7.12 Å². The minimum Gasteiger partial charge on any atom is -0.423 e. The first kappa shape index (κ1) is 48.4. The lowest BCUT2D eigenvalue weighted by molar-refractivity contribution is 0.426. The van der Waals surface area contributed by atoms with Gasteiger partial charge < -0.3 is 10.0 Å². The van der Waals surface area contributed by atoms with Gasteiger partial charge in [-0.2, -0.15) is 0 Å². The molecule has 0 radical (unpaired) electrons. The summed E-state index contributed by atoms with van der Waals surface area (Å²) in [7, 11) is -1.52. The van der Waals surface area contributed by atoms with Crippen molar-refractivity contribution >= 4 is 131 Å². The van der Waals surface area contributed by atoms with Crippen LogP contribution in [0.5, 0.6) is 0 Å². The molecule has 15 aromatic carbocycles. The van der Waals surface area contributed by atoms with Gasteiger partial charge in [0.05, 0.1) is 22.4 Å². The van der Waals surface area contributed by atoms with Gasteiger partial charge in [-0.05, 0) is 133 Å². The molecule has 17 aromatic rings. The van der Waals surface area contributed by atoms with Gasteiger partial charge in [0.2, 0.25) is 0 Å². The van der Waals surface area contributed by atoms with Crippen LogP contribution < -0.4 is 5.46 Å². The normalized spacial score (nSPS) is 11.7. The largest absolute Gasteiger partial charge is 0.489 e. The quantitative estimate of drug-likeness (QED) is 0.102. The van der Waals surface area contributed by atoms with E-state index in [4.69, 9.17) is 9.97 Å². The van der Waals surface area contributed by atoms with E-state index in [0.717, 1.165) is 60.5 Å². The smallest absolute Gasteiger partial charge is 0.423 e. The maximum absolute atomic E-state index is 9.88. The van der Waals surface area contributed by atoms with Gasteiger partial charge in [-0.25, -0.2) is 9.97 Å². The van der Waals surface area contributed by atoms with Gasteiger partial charge in [0.1, 0.15) is 0 Å². The van der Waals surface area contributed by atoms with Crippen LogP contribution in [-0.4, -0.2) is 27.1 Å². The molecule has 5 heteroatoms. The summed E-state index contributed by atoms with van der Waals surface area (Å²) in [5, 5.41) is 43.2. The van der Waals surface area contributed by atoms with Crippen molar-refractivity contribution in [2.45, 2.75) is 0 Å². The van der Waals surface area contributed by atoms with Crippen LogP contribution in [0.1, 0.15) is 0 Å². The molecule has 0 bridgehead atoms. The standard InChI is InChI=1S/C51H31N.C27H18BNO2/c1-3-14-34-30-36(26-24-32(34)12-1)48-41-16-5-7-18-43(41)49(44-19-8-6-17-42(44)48)39-21-11-22-40-38(39)28-29-46-50(40)45-20-9-10-23-47(45)52-51(46)37-27-25-33-13-2-4-15-35(33)31-37;30-28(31)24-10-5-9-21-20(24)14-15-23-26(21)22-8-3-4-11-25(22)29-27(23)19-13-12-17-6-1-2-7-18(17)16-19/h1-31H;1-16,30-31H. The summed E-state index contributed by atoms with van der Waals surface area (Å²) in [4.78, 5) is 10.4. The van der Waals surface area contributed by atoms with Crippen molar-refractivity contribution in [2.75, 3.05) is 0 Å². The summed E-state index contributed by atoms with van der Waals surface area (Å²) in [6, 6.07) is 101. The summed E-state index contributed by atoms with van der Waals surface area (Å²) in [6.45, 7) is 0. The van der Waals surface area contributed by atoms with Crippen molar-refractivity contribution in [2.24, 2.45) is 0 Å². The highest BCUT2D eigenvalue weighted by atomic mass is 16.4. The number of fused-ring (bicyclic) bond motifs is 15. The molecule has 4 nitrogen and oxygen atoms in total. The number of benzene rings is 15. The molecule has 386 valence electrons. The molecule has 17 rings (SSSR count). The van der Waals surface area contributed by atoms with Crippen LogP contribution in [0.4, 0.5) is 0 Å². The second-order valence-electron chi connectivity index (χ2n) is 21.7. The number of nitrogens with zero attached hydrogens (tertiary/aromatic N) is 2. The molecule has 0 fully saturated rings. The second kappa shape index (κ2) is 19.6. The third-order valence-corrected chi connectivity index (χ3v) is 17.0. The van der Waals surface area contributed by atoms with Gasteiger partial charge in [0, 0.05) is 43.4 Å². The predicted molar refractivity (Wildman–Crippen MR) is 353 cm³/mol. The highest BCUT2D eigenvalue weighted by molar-refractivity contribution is 6.62. The third kappa shape index (κ3) is 8.01. The van der Waals surface area contributed by atoms with E-state index in [9.17, 15) is 10.0 Å². The predicted octanol–water partition coefficient (Wildman–Crippen LogP) is 19.2. The molecule has 83 heavy (non-hydrogen) atoms. The fraction of sp³-hybridized carbons (Fsp3) is 0. The van der Waals surface area contributed by atoms with E-state index in [1.807, 2.05) is 54.6 Å². The molecule has 2 aromatic heterocycles. The van der Waals surface area contributed by atoms with Crippen LogP contribution in [0.25, 0.3) is 164 Å². The minimum atomic E-state index is -1.52. The molecule has 0 aliphatic carbocycles. The maximum atomic E-state index is 9.88. The summed E-state index contributed by atoms with van der Waals surface area (Å²) < 4.78 is 0. The third-order valence-electron chi connectivity index (χ3n) is 17.0. The highest BCUT2D eigenvalue weighted by Crippen LogP contribution is 2.48. The molecule has 0 spiro atoms. The number of rotatable bonds is 5. The van der Waals surface area contributed by atoms with Crippen molar-refractivity contribution in [3.63, 3.8) is 0 Å². The van der Waals surface area contributed by atoms with Crippen LogP contribution in [0.15, 0.2) is 285 Å². The topological polar surface area (TPSA) is 66.2 Å². The fourth-order valence-electron chi connectivity index (χ4n) is 13.3. The highest BCUT2D eigenvalue weighted by Gasteiger charge is 2.22. The molecule has 0 unspecified atom stereocenters. The van der Waals surface area contributed by atoms with Crippen molar-refractivity contribution in [1.29, 1.82) is 0 Å². The lowest BCUT2D eigenvalue weighted by atomic mass is 9.76. The zero-order valence-electron chi connectivity index (χ0n) is 45.0. The fourth-order valence-corrected chi connectivity index (χ4v) is 13.3. The zero-order chi connectivity index (χ0) is 55.1. The Balaban J connectivity index is 0.000000155. The van der Waals surface area contributed by atoms with Gasteiger partial charge in [-0.15, -0.1) is 0 Å². The summed E-state index contributed by atoms with van der Waals surface area (Å²) in [6.07, 6.45) is 0. The molecule has 0 saturated carbocycles. The molecular weight excluding hydrogens is 1010 g/mol. The number of para-hydroxylation sites is 2. The van der Waals surface area contributed by atoms with Crippen LogP contribution in [0, 0.1) is 0 Å². The average molecular weight is 1060 g/mol.